The number of carbonyl (C=O) groups excluding carboxylic acids is 4. The highest BCUT2D eigenvalue weighted by atomic mass is 16.5. The molecule has 0 unspecified atom stereocenters. The highest BCUT2D eigenvalue weighted by Gasteiger charge is 2.32. The molecule has 1 fully saturated rings. The molecule has 2 atom stereocenters. The van der Waals surface area contributed by atoms with Crippen LogP contribution in [0, 0.1) is 0 Å². The molecule has 0 spiro atoms. The van der Waals surface area contributed by atoms with Gasteiger partial charge in [0.05, 0.1) is 7.11 Å². The van der Waals surface area contributed by atoms with Gasteiger partial charge in [0, 0.05) is 48.2 Å². The standard InChI is InChI=1S/C26H28N4O5/c1-16(31)30-13-5-8-23(30)25(33)28-19-11-9-17(10-12-19)24(32)29-22(26(34)35-2)14-18-15-27-21-7-4-3-6-20(18)21/h3-4,6-7,9-12,15,22-23,27H,5,8,13-14H2,1-2H3,(H,28,33)(H,29,32)/t22-,23-/m0/s1. The number of amides is 3. The average Bonchev–Trinajstić information content (AvgIpc) is 3.51. The van der Waals surface area contributed by atoms with Crippen LogP contribution in [0.1, 0.15) is 35.7 Å². The molecule has 35 heavy (non-hydrogen) atoms. The lowest BCUT2D eigenvalue weighted by atomic mass is 10.0. The number of nitrogens with zero attached hydrogens (tertiary/aromatic N) is 1. The van der Waals surface area contributed by atoms with E-state index in [9.17, 15) is 19.2 Å². The SMILES string of the molecule is COC(=O)[C@H](Cc1c[nH]c2ccccc12)NC(=O)c1ccc(NC(=O)[C@@H]2CCCN2C(C)=O)cc1. The first-order valence-electron chi connectivity index (χ1n) is 11.5. The maximum atomic E-state index is 12.9. The number of aromatic nitrogens is 1. The van der Waals surface area contributed by atoms with Crippen molar-refractivity contribution in [1.82, 2.24) is 15.2 Å². The molecule has 1 saturated heterocycles. The molecule has 1 aliphatic rings. The minimum Gasteiger partial charge on any atom is -0.467 e. The van der Waals surface area contributed by atoms with Crippen LogP contribution in [0.25, 0.3) is 10.9 Å². The van der Waals surface area contributed by atoms with Crippen molar-refractivity contribution in [3.05, 3.63) is 65.9 Å². The van der Waals surface area contributed by atoms with E-state index in [1.165, 1.54) is 14.0 Å². The van der Waals surface area contributed by atoms with Gasteiger partial charge in [0.25, 0.3) is 5.91 Å². The third kappa shape index (κ3) is 5.34. The second-order valence-electron chi connectivity index (χ2n) is 8.55. The zero-order chi connectivity index (χ0) is 24.9. The Hall–Kier alpha value is -4.14. The van der Waals surface area contributed by atoms with Crippen molar-refractivity contribution < 1.29 is 23.9 Å². The van der Waals surface area contributed by atoms with Gasteiger partial charge in [-0.3, -0.25) is 14.4 Å². The van der Waals surface area contributed by atoms with Crippen molar-refractivity contribution >= 4 is 40.3 Å². The van der Waals surface area contributed by atoms with Crippen LogP contribution in [-0.2, 0) is 25.5 Å². The lowest BCUT2D eigenvalue weighted by Crippen LogP contribution is -2.43. The number of nitrogens with one attached hydrogen (secondary N) is 3. The molecule has 2 aromatic carbocycles. The number of likely N-dealkylation sites (tertiary alicyclic amines) is 1. The Labute approximate surface area is 202 Å². The summed E-state index contributed by atoms with van der Waals surface area (Å²) in [6, 6.07) is 12.7. The Morgan fingerprint density at radius 1 is 1.11 bits per heavy atom. The first kappa shape index (κ1) is 24.0. The number of para-hydroxylation sites is 1. The van der Waals surface area contributed by atoms with E-state index in [1.54, 1.807) is 29.2 Å². The predicted octanol–water partition coefficient (Wildman–Crippen LogP) is 2.63. The molecule has 0 radical (unpaired) electrons. The lowest BCUT2D eigenvalue weighted by molar-refractivity contribution is -0.142. The van der Waals surface area contributed by atoms with E-state index < -0.39 is 24.0 Å². The molecule has 3 N–H and O–H groups in total. The molecule has 1 aromatic heterocycles. The van der Waals surface area contributed by atoms with E-state index in [4.69, 9.17) is 4.74 Å². The highest BCUT2D eigenvalue weighted by Crippen LogP contribution is 2.21. The van der Waals surface area contributed by atoms with Crippen LogP contribution in [0.4, 0.5) is 5.69 Å². The maximum Gasteiger partial charge on any atom is 0.328 e. The van der Waals surface area contributed by atoms with E-state index in [-0.39, 0.29) is 18.2 Å². The van der Waals surface area contributed by atoms with Crippen molar-refractivity contribution in [3.8, 4) is 0 Å². The molecule has 9 heteroatoms. The largest absolute Gasteiger partial charge is 0.467 e. The monoisotopic (exact) mass is 476 g/mol. The number of ether oxygens (including phenoxy) is 1. The summed E-state index contributed by atoms with van der Waals surface area (Å²) in [6.07, 6.45) is 3.50. The first-order chi connectivity index (χ1) is 16.9. The zero-order valence-corrected chi connectivity index (χ0v) is 19.7. The summed E-state index contributed by atoms with van der Waals surface area (Å²) in [6.45, 7) is 2.03. The van der Waals surface area contributed by atoms with Gasteiger partial charge in [0.1, 0.15) is 12.1 Å². The molecule has 182 valence electrons. The number of fused-ring (bicyclic) bond motifs is 1. The minimum atomic E-state index is -0.869. The summed E-state index contributed by atoms with van der Waals surface area (Å²) in [5, 5.41) is 6.53. The van der Waals surface area contributed by atoms with E-state index in [2.05, 4.69) is 15.6 Å². The fraction of sp³-hybridized carbons (Fsp3) is 0.308. The van der Waals surface area contributed by atoms with Gasteiger partial charge in [-0.2, -0.15) is 0 Å². The first-order valence-corrected chi connectivity index (χ1v) is 11.5. The van der Waals surface area contributed by atoms with E-state index in [0.717, 1.165) is 22.9 Å². The summed E-state index contributed by atoms with van der Waals surface area (Å²) < 4.78 is 4.91. The normalized spacial score (nSPS) is 16.1. The van der Waals surface area contributed by atoms with Crippen LogP contribution in [0.5, 0.6) is 0 Å². The molecule has 1 aliphatic heterocycles. The Morgan fingerprint density at radius 2 is 1.86 bits per heavy atom. The molecule has 0 saturated carbocycles. The number of anilines is 1. The number of carbonyl (C=O) groups is 4. The number of aromatic amines is 1. The highest BCUT2D eigenvalue weighted by molar-refractivity contribution is 5.99. The number of esters is 1. The van der Waals surface area contributed by atoms with Crippen LogP contribution in [0.15, 0.2) is 54.7 Å². The number of benzene rings is 2. The molecule has 0 aliphatic carbocycles. The van der Waals surface area contributed by atoms with Crippen LogP contribution in [-0.4, -0.2) is 59.3 Å². The number of H-pyrrole nitrogens is 1. The Balaban J connectivity index is 1.41. The van der Waals surface area contributed by atoms with Crippen LogP contribution >= 0.6 is 0 Å². The molecular weight excluding hydrogens is 448 g/mol. The summed E-state index contributed by atoms with van der Waals surface area (Å²) in [5.74, 6) is -1.35. The second-order valence-corrected chi connectivity index (χ2v) is 8.55. The minimum absolute atomic E-state index is 0.123. The van der Waals surface area contributed by atoms with E-state index in [0.29, 0.717) is 24.2 Å². The molecule has 0 bridgehead atoms. The quantitative estimate of drug-likeness (QED) is 0.453. The van der Waals surface area contributed by atoms with Gasteiger partial charge < -0.3 is 25.3 Å². The van der Waals surface area contributed by atoms with Crippen molar-refractivity contribution in [2.24, 2.45) is 0 Å². The van der Waals surface area contributed by atoms with E-state index >= 15 is 0 Å². The molecule has 4 rings (SSSR count). The van der Waals surface area contributed by atoms with Crippen LogP contribution in [0.3, 0.4) is 0 Å². The zero-order valence-electron chi connectivity index (χ0n) is 19.7. The number of hydrogen-bond acceptors (Lipinski definition) is 5. The summed E-state index contributed by atoms with van der Waals surface area (Å²) >= 11 is 0. The third-order valence-electron chi connectivity index (χ3n) is 6.26. The fourth-order valence-electron chi connectivity index (χ4n) is 4.44. The summed E-state index contributed by atoms with van der Waals surface area (Å²) in [4.78, 5) is 54.3. The van der Waals surface area contributed by atoms with Gasteiger partial charge in [-0.05, 0) is 48.7 Å². The van der Waals surface area contributed by atoms with Gasteiger partial charge in [-0.1, -0.05) is 18.2 Å². The lowest BCUT2D eigenvalue weighted by Gasteiger charge is -2.22. The van der Waals surface area contributed by atoms with Crippen LogP contribution < -0.4 is 10.6 Å². The van der Waals surface area contributed by atoms with Gasteiger partial charge in [-0.25, -0.2) is 4.79 Å². The predicted molar refractivity (Wildman–Crippen MR) is 131 cm³/mol. The molecular formula is C26H28N4O5. The summed E-state index contributed by atoms with van der Waals surface area (Å²) in [5.41, 5.74) is 2.69. The van der Waals surface area contributed by atoms with Crippen molar-refractivity contribution in [1.29, 1.82) is 0 Å². The Morgan fingerprint density at radius 3 is 2.57 bits per heavy atom. The average molecular weight is 477 g/mol. The topological polar surface area (TPSA) is 121 Å². The van der Waals surface area contributed by atoms with Gasteiger partial charge >= 0.3 is 5.97 Å². The van der Waals surface area contributed by atoms with Gasteiger partial charge in [0.15, 0.2) is 0 Å². The van der Waals surface area contributed by atoms with Gasteiger partial charge in [0.2, 0.25) is 11.8 Å². The second kappa shape index (κ2) is 10.4. The fourth-order valence-corrected chi connectivity index (χ4v) is 4.44. The maximum absolute atomic E-state index is 12.9. The third-order valence-corrected chi connectivity index (χ3v) is 6.26. The van der Waals surface area contributed by atoms with Crippen molar-refractivity contribution in [2.45, 2.75) is 38.3 Å². The summed E-state index contributed by atoms with van der Waals surface area (Å²) in [7, 11) is 1.28. The van der Waals surface area contributed by atoms with E-state index in [1.807, 2.05) is 30.5 Å². The van der Waals surface area contributed by atoms with Gasteiger partial charge in [-0.15, -0.1) is 0 Å². The van der Waals surface area contributed by atoms with Crippen LogP contribution in [0.2, 0.25) is 0 Å². The molecule has 3 amide bonds. The number of hydrogen-bond donors (Lipinski definition) is 3. The molecule has 9 nitrogen and oxygen atoms in total. The van der Waals surface area contributed by atoms with Crippen molar-refractivity contribution in [3.63, 3.8) is 0 Å². The number of rotatable bonds is 7. The van der Waals surface area contributed by atoms with Crippen molar-refractivity contribution in [2.75, 3.05) is 19.0 Å². The number of methoxy groups -OCH3 is 1. The molecule has 3 aromatic rings. The Kier molecular flexibility index (Phi) is 7.14. The molecule has 2 heterocycles. The smallest absolute Gasteiger partial charge is 0.328 e. The Bertz CT molecular complexity index is 1250.